The molecule has 0 aromatic heterocycles. The van der Waals surface area contributed by atoms with Gasteiger partial charge in [0.25, 0.3) is 0 Å². The lowest BCUT2D eigenvalue weighted by molar-refractivity contribution is -0.134. The molecular weight excluding hydrogens is 200 g/mol. The highest BCUT2D eigenvalue weighted by atomic mass is 16.5. The molecule has 1 rings (SSSR count). The number of carbonyl (C=O) groups excluding carboxylic acids is 1. The first-order chi connectivity index (χ1) is 7.43. The van der Waals surface area contributed by atoms with Crippen LogP contribution in [0.15, 0.2) is 12.2 Å². The Hall–Kier alpha value is -0.790. The van der Waals surface area contributed by atoms with Crippen LogP contribution >= 0.6 is 0 Å². The Labute approximate surface area is 99.1 Å². The van der Waals surface area contributed by atoms with Crippen LogP contribution in [0.2, 0.25) is 0 Å². The molecule has 0 bridgehead atoms. The summed E-state index contributed by atoms with van der Waals surface area (Å²) < 4.78 is 4.59. The fourth-order valence-corrected chi connectivity index (χ4v) is 2.46. The molecule has 2 nitrogen and oxygen atoms in total. The summed E-state index contributed by atoms with van der Waals surface area (Å²) >= 11 is 0. The van der Waals surface area contributed by atoms with Gasteiger partial charge >= 0.3 is 5.97 Å². The minimum Gasteiger partial charge on any atom is -0.466 e. The Kier molecular flexibility index (Phi) is 4.57. The predicted molar refractivity (Wildman–Crippen MR) is 66.1 cm³/mol. The quantitative estimate of drug-likeness (QED) is 0.529. The minimum atomic E-state index is -0.238. The number of rotatable bonds is 2. The number of methoxy groups -OCH3 is 1. The maximum Gasteiger partial charge on any atom is 0.330 e. The summed E-state index contributed by atoms with van der Waals surface area (Å²) in [6.45, 7) is 6.97. The fraction of sp³-hybridized carbons (Fsp3) is 0.786. The normalized spacial score (nSPS) is 27.0. The molecule has 0 spiro atoms. The second-order valence-electron chi connectivity index (χ2n) is 5.86. The Balaban J connectivity index is 2.38. The van der Waals surface area contributed by atoms with Gasteiger partial charge in [-0.25, -0.2) is 4.79 Å². The van der Waals surface area contributed by atoms with Crippen LogP contribution in [0.3, 0.4) is 0 Å². The zero-order chi connectivity index (χ0) is 12.2. The van der Waals surface area contributed by atoms with Crippen molar-refractivity contribution in [3.05, 3.63) is 12.2 Å². The van der Waals surface area contributed by atoms with Crippen molar-refractivity contribution in [2.45, 2.75) is 46.5 Å². The Morgan fingerprint density at radius 3 is 2.19 bits per heavy atom. The molecule has 1 aliphatic carbocycles. The maximum atomic E-state index is 11.0. The largest absolute Gasteiger partial charge is 0.466 e. The first kappa shape index (κ1) is 13.3. The Morgan fingerprint density at radius 2 is 1.75 bits per heavy atom. The molecule has 0 aromatic rings. The summed E-state index contributed by atoms with van der Waals surface area (Å²) in [5.74, 6) is 1.16. The molecule has 16 heavy (non-hydrogen) atoms. The molecule has 1 aliphatic rings. The first-order valence-corrected chi connectivity index (χ1v) is 6.19. The van der Waals surface area contributed by atoms with Crippen molar-refractivity contribution in [2.75, 3.05) is 7.11 Å². The van der Waals surface area contributed by atoms with Gasteiger partial charge in [-0.2, -0.15) is 0 Å². The van der Waals surface area contributed by atoms with Crippen LogP contribution in [-0.2, 0) is 9.53 Å². The number of carbonyl (C=O) groups is 1. The SMILES string of the molecule is COC(=O)/C=C/C1CCC(C(C)(C)C)CC1. The first-order valence-electron chi connectivity index (χ1n) is 6.19. The smallest absolute Gasteiger partial charge is 0.330 e. The lowest BCUT2D eigenvalue weighted by Gasteiger charge is -2.36. The van der Waals surface area contributed by atoms with E-state index in [1.54, 1.807) is 6.08 Å². The number of allylic oxidation sites excluding steroid dienone is 1. The standard InChI is InChI=1S/C14H24O2/c1-14(2,3)12-8-5-11(6-9-12)7-10-13(15)16-4/h7,10-12H,5-6,8-9H2,1-4H3/b10-7+. The van der Waals surface area contributed by atoms with E-state index >= 15 is 0 Å². The molecule has 0 heterocycles. The van der Waals surface area contributed by atoms with Crippen LogP contribution in [0.1, 0.15) is 46.5 Å². The summed E-state index contributed by atoms with van der Waals surface area (Å²) in [6.07, 6.45) is 8.55. The summed E-state index contributed by atoms with van der Waals surface area (Å²) in [5.41, 5.74) is 0.428. The van der Waals surface area contributed by atoms with Crippen molar-refractivity contribution < 1.29 is 9.53 Å². The second-order valence-corrected chi connectivity index (χ2v) is 5.86. The van der Waals surface area contributed by atoms with Gasteiger partial charge in [0.1, 0.15) is 0 Å². The predicted octanol–water partition coefficient (Wildman–Crippen LogP) is 3.57. The van der Waals surface area contributed by atoms with Crippen molar-refractivity contribution in [1.29, 1.82) is 0 Å². The van der Waals surface area contributed by atoms with Crippen LogP contribution in [0.5, 0.6) is 0 Å². The zero-order valence-electron chi connectivity index (χ0n) is 11.0. The summed E-state index contributed by atoms with van der Waals surface area (Å²) in [6, 6.07) is 0. The second kappa shape index (κ2) is 5.51. The van der Waals surface area contributed by atoms with Crippen molar-refractivity contribution in [2.24, 2.45) is 17.3 Å². The lowest BCUT2D eigenvalue weighted by Crippen LogP contribution is -2.25. The molecular formula is C14H24O2. The van der Waals surface area contributed by atoms with E-state index in [2.05, 4.69) is 25.5 Å². The minimum absolute atomic E-state index is 0.238. The molecule has 2 heteroatoms. The fourth-order valence-electron chi connectivity index (χ4n) is 2.46. The third kappa shape index (κ3) is 3.99. The van der Waals surface area contributed by atoms with Crippen LogP contribution in [0.4, 0.5) is 0 Å². The van der Waals surface area contributed by atoms with E-state index in [-0.39, 0.29) is 5.97 Å². The molecule has 0 saturated heterocycles. The van der Waals surface area contributed by atoms with E-state index in [1.807, 2.05) is 6.08 Å². The third-order valence-electron chi connectivity index (χ3n) is 3.70. The Bertz CT molecular complexity index is 252. The van der Waals surface area contributed by atoms with Crippen LogP contribution in [0, 0.1) is 17.3 Å². The van der Waals surface area contributed by atoms with Gasteiger partial charge in [-0.3, -0.25) is 0 Å². The molecule has 0 N–H and O–H groups in total. The molecule has 1 saturated carbocycles. The van der Waals surface area contributed by atoms with E-state index in [9.17, 15) is 4.79 Å². The molecule has 0 aromatic carbocycles. The van der Waals surface area contributed by atoms with Gasteiger partial charge in [0.2, 0.25) is 0 Å². The van der Waals surface area contributed by atoms with E-state index < -0.39 is 0 Å². The van der Waals surface area contributed by atoms with Crippen LogP contribution in [0.25, 0.3) is 0 Å². The Morgan fingerprint density at radius 1 is 1.19 bits per heavy atom. The number of hydrogen-bond donors (Lipinski definition) is 0. The van der Waals surface area contributed by atoms with Crippen molar-refractivity contribution in [3.8, 4) is 0 Å². The molecule has 0 atom stereocenters. The van der Waals surface area contributed by atoms with Crippen molar-refractivity contribution >= 4 is 5.97 Å². The molecule has 0 unspecified atom stereocenters. The van der Waals surface area contributed by atoms with E-state index in [1.165, 1.54) is 32.8 Å². The third-order valence-corrected chi connectivity index (χ3v) is 3.70. The van der Waals surface area contributed by atoms with Crippen LogP contribution in [-0.4, -0.2) is 13.1 Å². The van der Waals surface area contributed by atoms with Crippen LogP contribution < -0.4 is 0 Å². The number of ether oxygens (including phenoxy) is 1. The highest BCUT2D eigenvalue weighted by Crippen LogP contribution is 2.40. The summed E-state index contributed by atoms with van der Waals surface area (Å²) in [7, 11) is 1.42. The zero-order valence-corrected chi connectivity index (χ0v) is 11.0. The van der Waals surface area contributed by atoms with Gasteiger partial charge in [0.05, 0.1) is 7.11 Å². The summed E-state index contributed by atoms with van der Waals surface area (Å²) in [4.78, 5) is 11.0. The van der Waals surface area contributed by atoms with E-state index in [0.29, 0.717) is 11.3 Å². The molecule has 0 amide bonds. The van der Waals surface area contributed by atoms with Crippen molar-refractivity contribution in [3.63, 3.8) is 0 Å². The van der Waals surface area contributed by atoms with Gasteiger partial charge in [-0.05, 0) is 42.9 Å². The van der Waals surface area contributed by atoms with Crippen molar-refractivity contribution in [1.82, 2.24) is 0 Å². The van der Waals surface area contributed by atoms with Gasteiger partial charge in [-0.1, -0.05) is 26.8 Å². The number of hydrogen-bond acceptors (Lipinski definition) is 2. The van der Waals surface area contributed by atoms with Gasteiger partial charge in [0, 0.05) is 6.08 Å². The van der Waals surface area contributed by atoms with Gasteiger partial charge in [-0.15, -0.1) is 0 Å². The molecule has 0 radical (unpaired) electrons. The van der Waals surface area contributed by atoms with Gasteiger partial charge in [0.15, 0.2) is 0 Å². The average Bonchev–Trinajstić information content (AvgIpc) is 2.25. The number of esters is 1. The van der Waals surface area contributed by atoms with E-state index in [0.717, 1.165) is 5.92 Å². The van der Waals surface area contributed by atoms with E-state index in [4.69, 9.17) is 0 Å². The summed E-state index contributed by atoms with van der Waals surface area (Å²) in [5, 5.41) is 0. The monoisotopic (exact) mass is 224 g/mol. The molecule has 1 fully saturated rings. The maximum absolute atomic E-state index is 11.0. The molecule has 0 aliphatic heterocycles. The highest BCUT2D eigenvalue weighted by molar-refractivity contribution is 5.81. The topological polar surface area (TPSA) is 26.3 Å². The van der Waals surface area contributed by atoms with Gasteiger partial charge < -0.3 is 4.74 Å². The lowest BCUT2D eigenvalue weighted by atomic mass is 9.70. The molecule has 92 valence electrons. The average molecular weight is 224 g/mol. The highest BCUT2D eigenvalue weighted by Gasteiger charge is 2.28.